The lowest BCUT2D eigenvalue weighted by Gasteiger charge is -2.02. The van der Waals surface area contributed by atoms with Crippen LogP contribution < -0.4 is 10.4 Å². The van der Waals surface area contributed by atoms with Crippen LogP contribution in [0.15, 0.2) is 56.8 Å². The number of hydrogen-bond donors (Lipinski definition) is 1. The van der Waals surface area contributed by atoms with Gasteiger partial charge < -0.3 is 9.26 Å². The van der Waals surface area contributed by atoms with Gasteiger partial charge in [-0.15, -0.1) is 0 Å². The molecule has 8 nitrogen and oxygen atoms in total. The highest BCUT2D eigenvalue weighted by Gasteiger charge is 2.17. The molecule has 0 radical (unpaired) electrons. The number of aliphatic imine (C=N–C) groups is 1. The van der Waals surface area contributed by atoms with E-state index in [1.165, 1.54) is 43.5 Å². The van der Waals surface area contributed by atoms with Gasteiger partial charge >= 0.3 is 5.63 Å². The summed E-state index contributed by atoms with van der Waals surface area (Å²) in [5, 5.41) is 13.5. The molecule has 0 atom stereocenters. The molecule has 9 heteroatoms. The molecule has 3 aromatic rings. The topological polar surface area (TPSA) is 111 Å². The number of rotatable bonds is 5. The third-order valence-electron chi connectivity index (χ3n) is 3.59. The van der Waals surface area contributed by atoms with Crippen molar-refractivity contribution in [2.45, 2.75) is 0 Å². The Morgan fingerprint density at radius 1 is 1.31 bits per heavy atom. The summed E-state index contributed by atoms with van der Waals surface area (Å²) in [7, 11) is 1.38. The van der Waals surface area contributed by atoms with Crippen LogP contribution in [0.3, 0.4) is 0 Å². The molecule has 0 unspecified atom stereocenters. The molecule has 0 aliphatic rings. The molecule has 0 fully saturated rings. The van der Waals surface area contributed by atoms with Gasteiger partial charge in [0.1, 0.15) is 22.8 Å². The van der Waals surface area contributed by atoms with Gasteiger partial charge in [-0.1, -0.05) is 12.1 Å². The maximum atomic E-state index is 14.0. The van der Waals surface area contributed by atoms with Crippen LogP contribution in [0.25, 0.3) is 11.3 Å². The number of benzene rings is 2. The van der Waals surface area contributed by atoms with Gasteiger partial charge in [0.25, 0.3) is 5.69 Å². The van der Waals surface area contributed by atoms with Crippen molar-refractivity contribution in [2.75, 3.05) is 7.11 Å². The van der Waals surface area contributed by atoms with E-state index in [-0.39, 0.29) is 28.2 Å². The monoisotopic (exact) mass is 357 g/mol. The Bertz CT molecular complexity index is 1050. The normalized spacial score (nSPS) is 11.0. The second-order valence-electron chi connectivity index (χ2n) is 5.13. The van der Waals surface area contributed by atoms with E-state index in [4.69, 9.17) is 9.26 Å². The van der Waals surface area contributed by atoms with Crippen LogP contribution in [0.4, 0.5) is 15.8 Å². The van der Waals surface area contributed by atoms with Crippen molar-refractivity contribution in [1.29, 1.82) is 0 Å². The summed E-state index contributed by atoms with van der Waals surface area (Å²) >= 11 is 0. The van der Waals surface area contributed by atoms with E-state index < -0.39 is 16.4 Å². The second-order valence-corrected chi connectivity index (χ2v) is 5.13. The van der Waals surface area contributed by atoms with Gasteiger partial charge in [0.2, 0.25) is 0 Å². The molecule has 1 aromatic heterocycles. The molecular formula is C17H12FN3O5. The van der Waals surface area contributed by atoms with E-state index in [9.17, 15) is 19.3 Å². The fourth-order valence-corrected chi connectivity index (χ4v) is 2.31. The lowest BCUT2D eigenvalue weighted by Crippen LogP contribution is -2.02. The Balaban J connectivity index is 2.06. The molecule has 0 spiro atoms. The number of aromatic nitrogens is 1. The number of nitrogens with one attached hydrogen (secondary N) is 1. The fourth-order valence-electron chi connectivity index (χ4n) is 2.31. The smallest absolute Gasteiger partial charge is 0.366 e. The van der Waals surface area contributed by atoms with Crippen LogP contribution in [0, 0.1) is 15.9 Å². The Hall–Kier alpha value is -3.75. The first-order chi connectivity index (χ1) is 12.5. The third-order valence-corrected chi connectivity index (χ3v) is 3.59. The number of nitrogens with zero attached hydrogens (tertiary/aromatic N) is 2. The molecule has 0 saturated carbocycles. The maximum Gasteiger partial charge on any atom is 0.366 e. The van der Waals surface area contributed by atoms with Gasteiger partial charge in [-0.3, -0.25) is 10.1 Å². The SMILES string of the molecule is COc1ccc(N=Cc2c(-c3ccccc3F)[nH]oc2=O)c([N+](=O)[O-])c1. The predicted molar refractivity (Wildman–Crippen MR) is 91.6 cm³/mol. The van der Waals surface area contributed by atoms with E-state index in [0.717, 1.165) is 6.21 Å². The molecule has 1 N–H and O–H groups in total. The first-order valence-electron chi connectivity index (χ1n) is 7.34. The summed E-state index contributed by atoms with van der Waals surface area (Å²) in [4.78, 5) is 26.5. The van der Waals surface area contributed by atoms with Crippen molar-refractivity contribution < 1.29 is 18.6 Å². The van der Waals surface area contributed by atoms with Crippen LogP contribution in [0.2, 0.25) is 0 Å². The zero-order valence-electron chi connectivity index (χ0n) is 13.4. The average Bonchev–Trinajstić information content (AvgIpc) is 3.00. The predicted octanol–water partition coefficient (Wildman–Crippen LogP) is 3.44. The Morgan fingerprint density at radius 2 is 2.08 bits per heavy atom. The van der Waals surface area contributed by atoms with E-state index in [2.05, 4.69) is 10.1 Å². The molecule has 2 aromatic carbocycles. The highest BCUT2D eigenvalue weighted by molar-refractivity contribution is 5.90. The first-order valence-corrected chi connectivity index (χ1v) is 7.34. The van der Waals surface area contributed by atoms with E-state index in [0.29, 0.717) is 5.75 Å². The van der Waals surface area contributed by atoms with Crippen LogP contribution in [0.1, 0.15) is 5.56 Å². The summed E-state index contributed by atoms with van der Waals surface area (Å²) in [6.07, 6.45) is 1.10. The summed E-state index contributed by atoms with van der Waals surface area (Å²) in [6.45, 7) is 0. The summed E-state index contributed by atoms with van der Waals surface area (Å²) in [5.74, 6) is -0.265. The van der Waals surface area contributed by atoms with Crippen LogP contribution in [-0.4, -0.2) is 23.4 Å². The van der Waals surface area contributed by atoms with Gasteiger partial charge in [-0.25, -0.2) is 19.3 Å². The van der Waals surface area contributed by atoms with Crippen LogP contribution in [0.5, 0.6) is 5.75 Å². The number of nitro groups is 1. The number of aromatic amines is 1. The lowest BCUT2D eigenvalue weighted by molar-refractivity contribution is -0.384. The number of nitro benzene ring substituents is 1. The Labute approximate surface area is 145 Å². The van der Waals surface area contributed by atoms with Crippen molar-refractivity contribution in [3.63, 3.8) is 0 Å². The van der Waals surface area contributed by atoms with Crippen molar-refractivity contribution >= 4 is 17.6 Å². The first kappa shape index (κ1) is 17.1. The minimum absolute atomic E-state index is 0.0101. The number of ether oxygens (including phenoxy) is 1. The van der Waals surface area contributed by atoms with Gasteiger partial charge in [0.15, 0.2) is 0 Å². The molecular weight excluding hydrogens is 345 g/mol. The van der Waals surface area contributed by atoms with E-state index in [1.54, 1.807) is 6.07 Å². The van der Waals surface area contributed by atoms with Crippen LogP contribution >= 0.6 is 0 Å². The minimum Gasteiger partial charge on any atom is -0.496 e. The molecule has 0 aliphatic carbocycles. The molecule has 132 valence electrons. The standard InChI is InChI=1S/C17H12FN3O5/c1-25-10-6-7-14(15(8-10)21(23)24)19-9-12-16(20-26-17(12)22)11-4-2-3-5-13(11)18/h2-9,20H,1H3. The summed E-state index contributed by atoms with van der Waals surface area (Å²) < 4.78 is 23.6. The molecule has 26 heavy (non-hydrogen) atoms. The highest BCUT2D eigenvalue weighted by Crippen LogP contribution is 2.31. The van der Waals surface area contributed by atoms with E-state index in [1.807, 2.05) is 0 Å². The molecule has 3 rings (SSSR count). The van der Waals surface area contributed by atoms with Gasteiger partial charge in [-0.05, 0) is 24.3 Å². The quantitative estimate of drug-likeness (QED) is 0.427. The van der Waals surface area contributed by atoms with Gasteiger partial charge in [0.05, 0.1) is 23.8 Å². The van der Waals surface area contributed by atoms with Crippen molar-refractivity contribution in [2.24, 2.45) is 4.99 Å². The molecule has 0 amide bonds. The van der Waals surface area contributed by atoms with Gasteiger partial charge in [0, 0.05) is 11.8 Å². The van der Waals surface area contributed by atoms with E-state index >= 15 is 0 Å². The van der Waals surface area contributed by atoms with Crippen LogP contribution in [-0.2, 0) is 0 Å². The highest BCUT2D eigenvalue weighted by atomic mass is 19.1. The number of methoxy groups -OCH3 is 1. The largest absolute Gasteiger partial charge is 0.496 e. The average molecular weight is 357 g/mol. The summed E-state index contributed by atoms with van der Waals surface area (Å²) in [5.41, 5.74) is -0.913. The molecule has 0 saturated heterocycles. The van der Waals surface area contributed by atoms with Gasteiger partial charge in [-0.2, -0.15) is 0 Å². The van der Waals surface area contributed by atoms with Crippen molar-refractivity contribution in [3.8, 4) is 17.0 Å². The van der Waals surface area contributed by atoms with Crippen molar-refractivity contribution in [1.82, 2.24) is 5.16 Å². The zero-order chi connectivity index (χ0) is 18.7. The number of hydrogen-bond acceptors (Lipinski definition) is 6. The fraction of sp³-hybridized carbons (Fsp3) is 0.0588. The lowest BCUT2D eigenvalue weighted by atomic mass is 10.1. The molecule has 0 bridgehead atoms. The number of H-pyrrole nitrogens is 1. The molecule has 1 heterocycles. The third kappa shape index (κ3) is 3.22. The Morgan fingerprint density at radius 3 is 2.77 bits per heavy atom. The van der Waals surface area contributed by atoms with Crippen molar-refractivity contribution in [3.05, 3.63) is 74.4 Å². The second kappa shape index (κ2) is 7.01. The minimum atomic E-state index is -0.775. The number of halogens is 1. The zero-order valence-corrected chi connectivity index (χ0v) is 13.4. The summed E-state index contributed by atoms with van der Waals surface area (Å²) in [6, 6.07) is 9.88. The Kier molecular flexibility index (Phi) is 4.61. The maximum absolute atomic E-state index is 14.0. The molecule has 0 aliphatic heterocycles.